The Morgan fingerprint density at radius 1 is 1.19 bits per heavy atom. The molecule has 1 aromatic rings. The van der Waals surface area contributed by atoms with Gasteiger partial charge in [-0.3, -0.25) is 9.59 Å². The summed E-state index contributed by atoms with van der Waals surface area (Å²) in [7, 11) is 0. The molecule has 0 saturated carbocycles. The Labute approximate surface area is 154 Å². The molecule has 7 nitrogen and oxygen atoms in total. The number of hydrogen-bond donors (Lipinski definition) is 1. The van der Waals surface area contributed by atoms with Crippen LogP contribution in [-0.4, -0.2) is 67.1 Å². The molecule has 1 N–H and O–H groups in total. The number of anilines is 1. The van der Waals surface area contributed by atoms with Gasteiger partial charge in [0.2, 0.25) is 11.8 Å². The SMILES string of the molecule is O=C(CCC1CCCO1)NCCC(=O)N1CCN(c2ccccn2)CC1. The van der Waals surface area contributed by atoms with Crippen molar-refractivity contribution in [3.8, 4) is 0 Å². The van der Waals surface area contributed by atoms with E-state index in [1.54, 1.807) is 6.20 Å². The highest BCUT2D eigenvalue weighted by Gasteiger charge is 2.21. The summed E-state index contributed by atoms with van der Waals surface area (Å²) in [5.74, 6) is 1.07. The van der Waals surface area contributed by atoms with Gasteiger partial charge in [-0.15, -0.1) is 0 Å². The van der Waals surface area contributed by atoms with Crippen LogP contribution in [0.25, 0.3) is 0 Å². The van der Waals surface area contributed by atoms with Crippen LogP contribution in [0.1, 0.15) is 32.1 Å². The van der Waals surface area contributed by atoms with Crippen LogP contribution < -0.4 is 10.2 Å². The molecule has 26 heavy (non-hydrogen) atoms. The fraction of sp³-hybridized carbons (Fsp3) is 0.632. The van der Waals surface area contributed by atoms with Crippen molar-refractivity contribution in [2.45, 2.75) is 38.2 Å². The van der Waals surface area contributed by atoms with Crippen molar-refractivity contribution in [3.05, 3.63) is 24.4 Å². The highest BCUT2D eigenvalue weighted by atomic mass is 16.5. The molecule has 7 heteroatoms. The second-order valence-electron chi connectivity index (χ2n) is 6.83. The number of rotatable bonds is 7. The molecule has 1 aromatic heterocycles. The van der Waals surface area contributed by atoms with Crippen molar-refractivity contribution in [3.63, 3.8) is 0 Å². The summed E-state index contributed by atoms with van der Waals surface area (Å²) in [4.78, 5) is 32.6. The van der Waals surface area contributed by atoms with Gasteiger partial charge in [0.25, 0.3) is 0 Å². The number of nitrogens with one attached hydrogen (secondary N) is 1. The predicted molar refractivity (Wildman–Crippen MR) is 98.9 cm³/mol. The van der Waals surface area contributed by atoms with E-state index in [2.05, 4.69) is 15.2 Å². The Kier molecular flexibility index (Phi) is 6.82. The number of carbonyl (C=O) groups excluding carboxylic acids is 2. The highest BCUT2D eigenvalue weighted by Crippen LogP contribution is 2.16. The van der Waals surface area contributed by atoms with Crippen LogP contribution in [0.2, 0.25) is 0 Å². The third-order valence-corrected chi connectivity index (χ3v) is 4.98. The zero-order valence-corrected chi connectivity index (χ0v) is 15.2. The lowest BCUT2D eigenvalue weighted by atomic mass is 10.1. The van der Waals surface area contributed by atoms with Crippen molar-refractivity contribution >= 4 is 17.6 Å². The predicted octanol–water partition coefficient (Wildman–Crippen LogP) is 1.20. The molecule has 2 amide bonds. The normalized spacial score (nSPS) is 20.2. The summed E-state index contributed by atoms with van der Waals surface area (Å²) in [6, 6.07) is 5.86. The summed E-state index contributed by atoms with van der Waals surface area (Å²) in [5.41, 5.74) is 0. The fourth-order valence-electron chi connectivity index (χ4n) is 3.45. The standard InChI is InChI=1S/C19H28N4O3/c24-18(7-6-16-4-3-15-26-16)21-10-8-19(25)23-13-11-22(12-14-23)17-5-1-2-9-20-17/h1-2,5,9,16H,3-4,6-8,10-15H2,(H,21,24). The summed E-state index contributed by atoms with van der Waals surface area (Å²) in [5, 5.41) is 2.85. The van der Waals surface area contributed by atoms with E-state index >= 15 is 0 Å². The Hall–Kier alpha value is -2.15. The first kappa shape index (κ1) is 18.6. The van der Waals surface area contributed by atoms with E-state index in [1.165, 1.54) is 0 Å². The first-order chi connectivity index (χ1) is 12.7. The smallest absolute Gasteiger partial charge is 0.224 e. The van der Waals surface area contributed by atoms with Crippen LogP contribution in [0, 0.1) is 0 Å². The second kappa shape index (κ2) is 9.52. The number of nitrogens with zero attached hydrogens (tertiary/aromatic N) is 3. The van der Waals surface area contributed by atoms with Crippen molar-refractivity contribution < 1.29 is 14.3 Å². The highest BCUT2D eigenvalue weighted by molar-refractivity contribution is 5.79. The molecule has 0 spiro atoms. The van der Waals surface area contributed by atoms with Gasteiger partial charge in [0.05, 0.1) is 6.10 Å². The van der Waals surface area contributed by atoms with Gasteiger partial charge in [-0.25, -0.2) is 4.98 Å². The lowest BCUT2D eigenvalue weighted by Crippen LogP contribution is -2.49. The average molecular weight is 360 g/mol. The van der Waals surface area contributed by atoms with Crippen LogP contribution in [-0.2, 0) is 14.3 Å². The molecule has 0 radical (unpaired) electrons. The maximum absolute atomic E-state index is 12.3. The van der Waals surface area contributed by atoms with Crippen molar-refractivity contribution in [1.29, 1.82) is 0 Å². The maximum Gasteiger partial charge on any atom is 0.224 e. The van der Waals surface area contributed by atoms with Crippen LogP contribution >= 0.6 is 0 Å². The minimum atomic E-state index is 0.00766. The molecular formula is C19H28N4O3. The maximum atomic E-state index is 12.3. The third-order valence-electron chi connectivity index (χ3n) is 4.98. The minimum Gasteiger partial charge on any atom is -0.378 e. The number of piperazine rings is 1. The molecule has 142 valence electrons. The van der Waals surface area contributed by atoms with Crippen molar-refractivity contribution in [2.24, 2.45) is 0 Å². The van der Waals surface area contributed by atoms with E-state index < -0.39 is 0 Å². The first-order valence-electron chi connectivity index (χ1n) is 9.54. The Morgan fingerprint density at radius 3 is 2.73 bits per heavy atom. The summed E-state index contributed by atoms with van der Waals surface area (Å²) >= 11 is 0. The quantitative estimate of drug-likeness (QED) is 0.791. The molecule has 3 rings (SSSR count). The van der Waals surface area contributed by atoms with E-state index in [4.69, 9.17) is 4.74 Å². The molecular weight excluding hydrogens is 332 g/mol. The second-order valence-corrected chi connectivity index (χ2v) is 6.83. The van der Waals surface area contributed by atoms with Gasteiger partial charge in [-0.05, 0) is 31.4 Å². The van der Waals surface area contributed by atoms with Crippen LogP contribution in [0.3, 0.4) is 0 Å². The number of pyridine rings is 1. The number of ether oxygens (including phenoxy) is 1. The molecule has 0 aromatic carbocycles. The van der Waals surface area contributed by atoms with Crippen molar-refractivity contribution in [1.82, 2.24) is 15.2 Å². The lowest BCUT2D eigenvalue weighted by Gasteiger charge is -2.35. The summed E-state index contributed by atoms with van der Waals surface area (Å²) < 4.78 is 5.52. The number of aromatic nitrogens is 1. The lowest BCUT2D eigenvalue weighted by molar-refractivity contribution is -0.131. The Bertz CT molecular complexity index is 582. The first-order valence-corrected chi connectivity index (χ1v) is 9.54. The average Bonchev–Trinajstić information content (AvgIpc) is 3.21. The molecule has 1 unspecified atom stereocenters. The van der Waals surface area contributed by atoms with Gasteiger partial charge in [0.15, 0.2) is 0 Å². The van der Waals surface area contributed by atoms with Crippen LogP contribution in [0.5, 0.6) is 0 Å². The Balaban J connectivity index is 1.30. The molecule has 2 saturated heterocycles. The van der Waals surface area contributed by atoms with Crippen LogP contribution in [0.15, 0.2) is 24.4 Å². The largest absolute Gasteiger partial charge is 0.378 e. The van der Waals surface area contributed by atoms with Gasteiger partial charge in [0, 0.05) is 58.4 Å². The van der Waals surface area contributed by atoms with E-state index in [9.17, 15) is 9.59 Å². The number of carbonyl (C=O) groups is 2. The molecule has 2 aliphatic rings. The topological polar surface area (TPSA) is 74.8 Å². The zero-order valence-electron chi connectivity index (χ0n) is 15.2. The monoisotopic (exact) mass is 360 g/mol. The molecule has 2 aliphatic heterocycles. The molecule has 3 heterocycles. The zero-order chi connectivity index (χ0) is 18.2. The van der Waals surface area contributed by atoms with Gasteiger partial charge in [0.1, 0.15) is 5.82 Å². The molecule has 0 aliphatic carbocycles. The summed E-state index contributed by atoms with van der Waals surface area (Å²) in [6.07, 6.45) is 5.77. The molecule has 2 fully saturated rings. The van der Waals surface area contributed by atoms with E-state index in [-0.39, 0.29) is 17.9 Å². The van der Waals surface area contributed by atoms with Gasteiger partial charge in [-0.2, -0.15) is 0 Å². The number of amides is 2. The fourth-order valence-corrected chi connectivity index (χ4v) is 3.45. The molecule has 0 bridgehead atoms. The Morgan fingerprint density at radius 2 is 2.04 bits per heavy atom. The van der Waals surface area contributed by atoms with Gasteiger partial charge in [-0.1, -0.05) is 6.07 Å². The van der Waals surface area contributed by atoms with E-state index in [1.807, 2.05) is 23.1 Å². The minimum absolute atomic E-state index is 0.00766. The number of hydrogen-bond acceptors (Lipinski definition) is 5. The van der Waals surface area contributed by atoms with E-state index in [0.717, 1.165) is 44.8 Å². The third kappa shape index (κ3) is 5.42. The van der Waals surface area contributed by atoms with Gasteiger partial charge < -0.3 is 19.9 Å². The van der Waals surface area contributed by atoms with Crippen molar-refractivity contribution in [2.75, 3.05) is 44.2 Å². The molecule has 1 atom stereocenters. The van der Waals surface area contributed by atoms with Gasteiger partial charge >= 0.3 is 0 Å². The van der Waals surface area contributed by atoms with E-state index in [0.29, 0.717) is 32.5 Å². The van der Waals surface area contributed by atoms with Crippen LogP contribution in [0.4, 0.5) is 5.82 Å². The summed E-state index contributed by atoms with van der Waals surface area (Å²) in [6.45, 7) is 4.19.